The van der Waals surface area contributed by atoms with Crippen molar-refractivity contribution in [2.45, 2.75) is 13.5 Å². The number of ether oxygens (including phenoxy) is 1. The van der Waals surface area contributed by atoms with Crippen LogP contribution < -0.4 is 5.32 Å². The highest BCUT2D eigenvalue weighted by molar-refractivity contribution is 5.73. The number of carboxylic acid groups (broad SMARTS) is 1. The lowest BCUT2D eigenvalue weighted by atomic mass is 10.5. The lowest BCUT2D eigenvalue weighted by Crippen LogP contribution is -2.38. The van der Waals surface area contributed by atoms with Gasteiger partial charge < -0.3 is 20.1 Å². The SMILES string of the molecule is Cc1nc(CN(C)C(=O)NCCOCC(=O)O)n[nH]1. The summed E-state index contributed by atoms with van der Waals surface area (Å²) in [5, 5.41) is 17.5. The predicted octanol–water partition coefficient (Wildman–Crippen LogP) is -0.644. The third kappa shape index (κ3) is 5.82. The first-order valence-corrected chi connectivity index (χ1v) is 5.65. The molecule has 1 aromatic heterocycles. The molecule has 0 radical (unpaired) electrons. The molecule has 106 valence electrons. The fourth-order valence-corrected chi connectivity index (χ4v) is 1.27. The number of aromatic amines is 1. The van der Waals surface area contributed by atoms with Crippen LogP contribution in [0.5, 0.6) is 0 Å². The van der Waals surface area contributed by atoms with Crippen LogP contribution in [0.2, 0.25) is 0 Å². The second-order valence-corrected chi connectivity index (χ2v) is 3.87. The molecule has 0 unspecified atom stereocenters. The Hall–Kier alpha value is -2.16. The van der Waals surface area contributed by atoms with E-state index in [4.69, 9.17) is 9.84 Å². The summed E-state index contributed by atoms with van der Waals surface area (Å²) in [5.74, 6) is 0.173. The highest BCUT2D eigenvalue weighted by atomic mass is 16.5. The first-order chi connectivity index (χ1) is 8.99. The zero-order valence-corrected chi connectivity index (χ0v) is 10.8. The topological polar surface area (TPSA) is 120 Å². The molecule has 0 aliphatic heterocycles. The van der Waals surface area contributed by atoms with Crippen molar-refractivity contribution < 1.29 is 19.4 Å². The molecule has 1 rings (SSSR count). The van der Waals surface area contributed by atoms with Crippen molar-refractivity contribution in [1.29, 1.82) is 0 Å². The van der Waals surface area contributed by atoms with Crippen LogP contribution in [0, 0.1) is 6.92 Å². The summed E-state index contributed by atoms with van der Waals surface area (Å²) in [6.45, 7) is 2.07. The Morgan fingerprint density at radius 3 is 2.84 bits per heavy atom. The van der Waals surface area contributed by atoms with Gasteiger partial charge in [-0.2, -0.15) is 5.10 Å². The molecule has 0 saturated carbocycles. The molecule has 1 aromatic rings. The minimum absolute atomic E-state index is 0.144. The number of nitrogens with zero attached hydrogens (tertiary/aromatic N) is 3. The monoisotopic (exact) mass is 271 g/mol. The Balaban J connectivity index is 2.20. The first kappa shape index (κ1) is 14.9. The largest absolute Gasteiger partial charge is 0.480 e. The van der Waals surface area contributed by atoms with Crippen molar-refractivity contribution in [2.24, 2.45) is 0 Å². The standard InChI is InChI=1S/C10H17N5O4/c1-7-12-8(14-13-7)5-15(2)10(18)11-3-4-19-6-9(16)17/h3-6H2,1-2H3,(H,11,18)(H,16,17)(H,12,13,14). The van der Waals surface area contributed by atoms with Gasteiger partial charge in [-0.3, -0.25) is 5.10 Å². The maximum atomic E-state index is 11.6. The highest BCUT2D eigenvalue weighted by Crippen LogP contribution is 1.96. The average Bonchev–Trinajstić information content (AvgIpc) is 2.73. The molecule has 19 heavy (non-hydrogen) atoms. The molecule has 9 heteroatoms. The quantitative estimate of drug-likeness (QED) is 0.567. The summed E-state index contributed by atoms with van der Waals surface area (Å²) in [6, 6.07) is -0.304. The lowest BCUT2D eigenvalue weighted by molar-refractivity contribution is -0.142. The van der Waals surface area contributed by atoms with Crippen LogP contribution in [0.15, 0.2) is 0 Å². The maximum Gasteiger partial charge on any atom is 0.329 e. The van der Waals surface area contributed by atoms with E-state index in [1.165, 1.54) is 4.90 Å². The molecule has 3 N–H and O–H groups in total. The van der Waals surface area contributed by atoms with Crippen LogP contribution in [0.1, 0.15) is 11.6 Å². The molecular formula is C10H17N5O4. The average molecular weight is 271 g/mol. The molecular weight excluding hydrogens is 254 g/mol. The number of carbonyl (C=O) groups excluding carboxylic acids is 1. The van der Waals surface area contributed by atoms with Crippen LogP contribution in [0.3, 0.4) is 0 Å². The number of hydrogen-bond acceptors (Lipinski definition) is 5. The number of aromatic nitrogens is 3. The lowest BCUT2D eigenvalue weighted by Gasteiger charge is -2.16. The molecule has 0 aliphatic rings. The second kappa shape index (κ2) is 7.31. The van der Waals surface area contributed by atoms with E-state index in [1.807, 2.05) is 0 Å². The number of aliphatic carboxylic acids is 1. The Bertz CT molecular complexity index is 433. The van der Waals surface area contributed by atoms with Gasteiger partial charge in [0.05, 0.1) is 13.2 Å². The van der Waals surface area contributed by atoms with E-state index >= 15 is 0 Å². The van der Waals surface area contributed by atoms with Crippen LogP contribution in [0.4, 0.5) is 4.79 Å². The fraction of sp³-hybridized carbons (Fsp3) is 0.600. The third-order valence-corrected chi connectivity index (χ3v) is 2.12. The van der Waals surface area contributed by atoms with Crippen LogP contribution in [-0.2, 0) is 16.1 Å². The van der Waals surface area contributed by atoms with Gasteiger partial charge in [-0.25, -0.2) is 14.6 Å². The van der Waals surface area contributed by atoms with Crippen molar-refractivity contribution in [3.8, 4) is 0 Å². The molecule has 0 atom stereocenters. The predicted molar refractivity (Wildman–Crippen MR) is 64.4 cm³/mol. The molecule has 0 aliphatic carbocycles. The van der Waals surface area contributed by atoms with E-state index in [1.54, 1.807) is 14.0 Å². The summed E-state index contributed by atoms with van der Waals surface area (Å²) < 4.78 is 4.78. The molecule has 9 nitrogen and oxygen atoms in total. The summed E-state index contributed by atoms with van der Waals surface area (Å²) in [7, 11) is 1.61. The van der Waals surface area contributed by atoms with Gasteiger partial charge in [-0.05, 0) is 6.92 Å². The van der Waals surface area contributed by atoms with Gasteiger partial charge in [0, 0.05) is 13.6 Å². The Labute approximate surface area is 110 Å². The number of hydrogen-bond donors (Lipinski definition) is 3. The van der Waals surface area contributed by atoms with E-state index in [0.717, 1.165) is 0 Å². The number of carboxylic acids is 1. The van der Waals surface area contributed by atoms with E-state index < -0.39 is 5.97 Å². The van der Waals surface area contributed by atoms with Gasteiger partial charge in [-0.1, -0.05) is 0 Å². The van der Waals surface area contributed by atoms with Gasteiger partial charge in [0.2, 0.25) is 0 Å². The number of aryl methyl sites for hydroxylation is 1. The van der Waals surface area contributed by atoms with Gasteiger partial charge >= 0.3 is 12.0 Å². The molecule has 0 spiro atoms. The van der Waals surface area contributed by atoms with Gasteiger partial charge in [-0.15, -0.1) is 0 Å². The fourth-order valence-electron chi connectivity index (χ4n) is 1.27. The number of amides is 2. The number of H-pyrrole nitrogens is 1. The van der Waals surface area contributed by atoms with E-state index in [-0.39, 0.29) is 32.3 Å². The summed E-state index contributed by atoms with van der Waals surface area (Å²) in [5.41, 5.74) is 0. The molecule has 1 heterocycles. The molecule has 0 bridgehead atoms. The number of urea groups is 1. The van der Waals surface area contributed by atoms with E-state index in [9.17, 15) is 9.59 Å². The van der Waals surface area contributed by atoms with Crippen LogP contribution >= 0.6 is 0 Å². The van der Waals surface area contributed by atoms with E-state index in [0.29, 0.717) is 11.6 Å². The zero-order valence-electron chi connectivity index (χ0n) is 10.8. The molecule has 0 fully saturated rings. The smallest absolute Gasteiger partial charge is 0.329 e. The molecule has 0 saturated heterocycles. The highest BCUT2D eigenvalue weighted by Gasteiger charge is 2.10. The minimum Gasteiger partial charge on any atom is -0.480 e. The van der Waals surface area contributed by atoms with Crippen molar-refractivity contribution in [1.82, 2.24) is 25.4 Å². The third-order valence-electron chi connectivity index (χ3n) is 2.12. The second-order valence-electron chi connectivity index (χ2n) is 3.87. The van der Waals surface area contributed by atoms with Gasteiger partial charge in [0.25, 0.3) is 0 Å². The molecule has 0 aromatic carbocycles. The Morgan fingerprint density at radius 2 is 2.26 bits per heavy atom. The first-order valence-electron chi connectivity index (χ1n) is 5.65. The van der Waals surface area contributed by atoms with E-state index in [2.05, 4.69) is 20.5 Å². The van der Waals surface area contributed by atoms with Crippen molar-refractivity contribution in [2.75, 3.05) is 26.8 Å². The summed E-state index contributed by atoms with van der Waals surface area (Å²) in [4.78, 5) is 27.3. The summed E-state index contributed by atoms with van der Waals surface area (Å²) in [6.07, 6.45) is 0. The van der Waals surface area contributed by atoms with Crippen molar-refractivity contribution >= 4 is 12.0 Å². The zero-order chi connectivity index (χ0) is 14.3. The normalized spacial score (nSPS) is 10.2. The number of nitrogens with one attached hydrogen (secondary N) is 2. The van der Waals surface area contributed by atoms with Crippen molar-refractivity contribution in [3.63, 3.8) is 0 Å². The minimum atomic E-state index is -1.04. The summed E-state index contributed by atoms with van der Waals surface area (Å²) >= 11 is 0. The van der Waals surface area contributed by atoms with Gasteiger partial charge in [0.15, 0.2) is 5.82 Å². The molecule has 2 amide bonds. The Kier molecular flexibility index (Phi) is 5.73. The van der Waals surface area contributed by atoms with Crippen LogP contribution in [0.25, 0.3) is 0 Å². The Morgan fingerprint density at radius 1 is 1.53 bits per heavy atom. The van der Waals surface area contributed by atoms with Crippen molar-refractivity contribution in [3.05, 3.63) is 11.6 Å². The van der Waals surface area contributed by atoms with Crippen LogP contribution in [-0.4, -0.2) is 64.0 Å². The maximum absolute atomic E-state index is 11.6. The number of rotatable bonds is 7. The van der Waals surface area contributed by atoms with Gasteiger partial charge in [0.1, 0.15) is 12.4 Å². The number of carbonyl (C=O) groups is 2.